The molecule has 0 aromatic rings. The van der Waals surface area contributed by atoms with Gasteiger partial charge in [0, 0.05) is 19.6 Å². The van der Waals surface area contributed by atoms with Gasteiger partial charge < -0.3 is 9.64 Å². The summed E-state index contributed by atoms with van der Waals surface area (Å²) >= 11 is 0. The van der Waals surface area contributed by atoms with E-state index in [4.69, 9.17) is 4.74 Å². The minimum absolute atomic E-state index is 0.0738. The van der Waals surface area contributed by atoms with Gasteiger partial charge in [0.25, 0.3) is 0 Å². The molecule has 2 aliphatic rings. The van der Waals surface area contributed by atoms with Crippen LogP contribution in [0.4, 0.5) is 0 Å². The summed E-state index contributed by atoms with van der Waals surface area (Å²) in [7, 11) is 0. The molecule has 5 nitrogen and oxygen atoms in total. The summed E-state index contributed by atoms with van der Waals surface area (Å²) in [6.45, 7) is 7.57. The number of ether oxygens (including phenoxy) is 1. The zero-order valence-electron chi connectivity index (χ0n) is 13.3. The molecule has 2 heterocycles. The van der Waals surface area contributed by atoms with Crippen LogP contribution in [0.5, 0.6) is 0 Å². The van der Waals surface area contributed by atoms with Crippen LogP contribution in [0.25, 0.3) is 0 Å². The van der Waals surface area contributed by atoms with Crippen LogP contribution in [-0.2, 0) is 14.3 Å². The van der Waals surface area contributed by atoms with Crippen molar-refractivity contribution in [3.8, 4) is 0 Å². The Morgan fingerprint density at radius 2 is 1.86 bits per heavy atom. The average Bonchev–Trinajstić information content (AvgIpc) is 2.54. The van der Waals surface area contributed by atoms with Crippen LogP contribution in [0.3, 0.4) is 0 Å². The molecule has 0 aromatic heterocycles. The predicted octanol–water partition coefficient (Wildman–Crippen LogP) is 1.66. The molecule has 2 aliphatic heterocycles. The highest BCUT2D eigenvalue weighted by Crippen LogP contribution is 2.21. The summed E-state index contributed by atoms with van der Waals surface area (Å²) in [5.41, 5.74) is 0. The van der Waals surface area contributed by atoms with Crippen LogP contribution < -0.4 is 0 Å². The fourth-order valence-corrected chi connectivity index (χ4v) is 3.35. The van der Waals surface area contributed by atoms with Gasteiger partial charge in [0.2, 0.25) is 5.91 Å². The summed E-state index contributed by atoms with van der Waals surface area (Å²) in [5, 5.41) is 0. The first-order chi connectivity index (χ1) is 10.1. The van der Waals surface area contributed by atoms with E-state index in [9.17, 15) is 9.59 Å². The first-order valence-corrected chi connectivity index (χ1v) is 8.33. The molecule has 2 fully saturated rings. The maximum Gasteiger partial charge on any atom is 0.310 e. The van der Waals surface area contributed by atoms with Crippen LogP contribution in [0.15, 0.2) is 0 Å². The highest BCUT2D eigenvalue weighted by molar-refractivity contribution is 5.81. The molecular weight excluding hydrogens is 268 g/mol. The van der Waals surface area contributed by atoms with E-state index in [1.807, 2.05) is 18.7 Å². The van der Waals surface area contributed by atoms with Crippen molar-refractivity contribution in [1.29, 1.82) is 0 Å². The number of carbonyl (C=O) groups is 2. The molecule has 1 unspecified atom stereocenters. The van der Waals surface area contributed by atoms with Crippen molar-refractivity contribution in [2.45, 2.75) is 52.0 Å². The van der Waals surface area contributed by atoms with Gasteiger partial charge in [-0.15, -0.1) is 0 Å². The fourth-order valence-electron chi connectivity index (χ4n) is 3.35. The second kappa shape index (κ2) is 7.78. The Hall–Kier alpha value is -1.10. The Labute approximate surface area is 127 Å². The third-order valence-electron chi connectivity index (χ3n) is 4.65. The molecule has 0 saturated carbocycles. The summed E-state index contributed by atoms with van der Waals surface area (Å²) in [4.78, 5) is 28.6. The molecule has 0 bridgehead atoms. The number of hydrogen-bond acceptors (Lipinski definition) is 4. The Morgan fingerprint density at radius 1 is 1.14 bits per heavy atom. The van der Waals surface area contributed by atoms with E-state index in [0.717, 1.165) is 45.3 Å². The van der Waals surface area contributed by atoms with E-state index in [1.165, 1.54) is 6.42 Å². The first-order valence-electron chi connectivity index (χ1n) is 8.33. The summed E-state index contributed by atoms with van der Waals surface area (Å²) in [6.07, 6.45) is 5.29. The number of rotatable bonds is 4. The molecule has 2 rings (SSSR count). The lowest BCUT2D eigenvalue weighted by Gasteiger charge is -2.38. The van der Waals surface area contributed by atoms with E-state index in [1.54, 1.807) is 0 Å². The van der Waals surface area contributed by atoms with E-state index >= 15 is 0 Å². The van der Waals surface area contributed by atoms with E-state index in [0.29, 0.717) is 13.2 Å². The predicted molar refractivity (Wildman–Crippen MR) is 80.8 cm³/mol. The molecule has 2 saturated heterocycles. The summed E-state index contributed by atoms with van der Waals surface area (Å²) in [5.74, 6) is 0.0364. The van der Waals surface area contributed by atoms with Gasteiger partial charge in [-0.05, 0) is 52.5 Å². The van der Waals surface area contributed by atoms with Crippen molar-refractivity contribution in [3.63, 3.8) is 0 Å². The lowest BCUT2D eigenvalue weighted by molar-refractivity contribution is -0.151. The quantitative estimate of drug-likeness (QED) is 0.740. The second-order valence-corrected chi connectivity index (χ2v) is 6.15. The number of nitrogens with zero attached hydrogens (tertiary/aromatic N) is 2. The van der Waals surface area contributed by atoms with Crippen molar-refractivity contribution in [3.05, 3.63) is 0 Å². The van der Waals surface area contributed by atoms with Crippen molar-refractivity contribution < 1.29 is 14.3 Å². The molecular formula is C16H28N2O3. The second-order valence-electron chi connectivity index (χ2n) is 6.15. The van der Waals surface area contributed by atoms with Gasteiger partial charge in [0.1, 0.15) is 0 Å². The van der Waals surface area contributed by atoms with Gasteiger partial charge in [0.15, 0.2) is 0 Å². The van der Waals surface area contributed by atoms with Crippen LogP contribution in [0.2, 0.25) is 0 Å². The van der Waals surface area contributed by atoms with Gasteiger partial charge in [-0.1, -0.05) is 0 Å². The lowest BCUT2D eigenvalue weighted by Crippen LogP contribution is -2.52. The molecule has 0 aliphatic carbocycles. The maximum absolute atomic E-state index is 12.6. The van der Waals surface area contributed by atoms with E-state index in [-0.39, 0.29) is 23.8 Å². The largest absolute Gasteiger partial charge is 0.466 e. The zero-order chi connectivity index (χ0) is 15.2. The summed E-state index contributed by atoms with van der Waals surface area (Å²) in [6, 6.07) is -0.125. The number of amides is 1. The van der Waals surface area contributed by atoms with E-state index < -0.39 is 0 Å². The molecule has 1 amide bonds. The Balaban J connectivity index is 1.90. The standard InChI is InChI=1S/C16H28N2O3/c1-3-21-16(20)14-8-7-11-18(12-14)13(2)15(19)17-9-5-4-6-10-17/h13-14H,3-12H2,1-2H3/t13?,14-/m0/s1. The van der Waals surface area contributed by atoms with Gasteiger partial charge in [-0.3, -0.25) is 14.5 Å². The van der Waals surface area contributed by atoms with Gasteiger partial charge in [0.05, 0.1) is 18.6 Å². The van der Waals surface area contributed by atoms with Crippen molar-refractivity contribution >= 4 is 11.9 Å². The average molecular weight is 296 g/mol. The molecule has 0 spiro atoms. The third kappa shape index (κ3) is 4.19. The van der Waals surface area contributed by atoms with Gasteiger partial charge in [-0.25, -0.2) is 0 Å². The topological polar surface area (TPSA) is 49.9 Å². The SMILES string of the molecule is CCOC(=O)[C@H]1CCCN(C(C)C(=O)N2CCCCC2)C1. The molecule has 5 heteroatoms. The number of hydrogen-bond donors (Lipinski definition) is 0. The lowest BCUT2D eigenvalue weighted by atomic mass is 9.96. The fraction of sp³-hybridized carbons (Fsp3) is 0.875. The molecule has 0 aromatic carbocycles. The number of carbonyl (C=O) groups excluding carboxylic acids is 2. The van der Waals surface area contributed by atoms with Crippen LogP contribution in [0.1, 0.15) is 46.0 Å². The highest BCUT2D eigenvalue weighted by Gasteiger charge is 2.33. The van der Waals surface area contributed by atoms with Crippen molar-refractivity contribution in [2.75, 3.05) is 32.8 Å². The normalized spacial score (nSPS) is 25.4. The smallest absolute Gasteiger partial charge is 0.310 e. The molecule has 21 heavy (non-hydrogen) atoms. The first kappa shape index (κ1) is 16.3. The summed E-state index contributed by atoms with van der Waals surface area (Å²) < 4.78 is 5.13. The van der Waals surface area contributed by atoms with Gasteiger partial charge in [-0.2, -0.15) is 0 Å². The molecule has 0 radical (unpaired) electrons. The third-order valence-corrected chi connectivity index (χ3v) is 4.65. The van der Waals surface area contributed by atoms with Crippen molar-refractivity contribution in [2.24, 2.45) is 5.92 Å². The minimum Gasteiger partial charge on any atom is -0.466 e. The van der Waals surface area contributed by atoms with E-state index in [2.05, 4.69) is 4.90 Å². The molecule has 120 valence electrons. The highest BCUT2D eigenvalue weighted by atomic mass is 16.5. The maximum atomic E-state index is 12.6. The monoisotopic (exact) mass is 296 g/mol. The zero-order valence-corrected chi connectivity index (χ0v) is 13.3. The molecule has 0 N–H and O–H groups in total. The Kier molecular flexibility index (Phi) is 6.03. The number of esters is 1. The number of likely N-dealkylation sites (tertiary alicyclic amines) is 2. The van der Waals surface area contributed by atoms with Gasteiger partial charge >= 0.3 is 5.97 Å². The van der Waals surface area contributed by atoms with Crippen LogP contribution in [0, 0.1) is 5.92 Å². The molecule has 2 atom stereocenters. The number of piperidine rings is 2. The Bertz CT molecular complexity index is 367. The van der Waals surface area contributed by atoms with Crippen LogP contribution >= 0.6 is 0 Å². The Morgan fingerprint density at radius 3 is 2.52 bits per heavy atom. The minimum atomic E-state index is -0.125. The van der Waals surface area contributed by atoms with Crippen molar-refractivity contribution in [1.82, 2.24) is 9.80 Å². The van der Waals surface area contributed by atoms with Crippen LogP contribution in [-0.4, -0.2) is 60.5 Å².